The number of carbonyl (C=O) groups excluding carboxylic acids is 1. The van der Waals surface area contributed by atoms with Crippen molar-refractivity contribution < 1.29 is 34.0 Å². The molecule has 0 aliphatic heterocycles. The first-order valence-electron chi connectivity index (χ1n) is 15.5. The van der Waals surface area contributed by atoms with E-state index < -0.39 is 29.6 Å². The van der Waals surface area contributed by atoms with Gasteiger partial charge in [0.2, 0.25) is 0 Å². The van der Waals surface area contributed by atoms with Gasteiger partial charge in [-0.1, -0.05) is 54.6 Å². The van der Waals surface area contributed by atoms with Crippen molar-refractivity contribution in [3.8, 4) is 17.6 Å². The predicted molar refractivity (Wildman–Crippen MR) is 166 cm³/mol. The number of aliphatic hydroxyl groups excluding tert-OH is 1. The second-order valence-corrected chi connectivity index (χ2v) is 12.7. The molecule has 0 heterocycles. The third-order valence-corrected chi connectivity index (χ3v) is 9.90. The summed E-state index contributed by atoms with van der Waals surface area (Å²) in [6.45, 7) is 2.14. The molecule has 0 amide bonds. The average molecular weight is 611 g/mol. The smallest absolute Gasteiger partial charge is 0.312 e. The van der Waals surface area contributed by atoms with Crippen LogP contribution >= 0.6 is 0 Å². The van der Waals surface area contributed by atoms with E-state index in [1.165, 1.54) is 13.2 Å². The van der Waals surface area contributed by atoms with Crippen LogP contribution in [0.2, 0.25) is 0 Å². The Morgan fingerprint density at radius 2 is 1.80 bits per heavy atom. The third kappa shape index (κ3) is 6.00. The van der Waals surface area contributed by atoms with Gasteiger partial charge >= 0.3 is 11.9 Å². The minimum absolute atomic E-state index is 0.0149. The molecule has 0 aromatic heterocycles. The summed E-state index contributed by atoms with van der Waals surface area (Å²) in [5.41, 5.74) is 0.939. The van der Waals surface area contributed by atoms with Crippen molar-refractivity contribution in [3.63, 3.8) is 0 Å². The highest BCUT2D eigenvalue weighted by Gasteiger charge is 2.49. The Hall–Kier alpha value is -4.39. The molecular formula is C36H38N2O7. The fraction of sp³-hybridized carbons (Fsp3) is 0.417. The first-order chi connectivity index (χ1) is 21.7. The molecule has 6 rings (SSSR count). The third-order valence-electron chi connectivity index (χ3n) is 9.90. The van der Waals surface area contributed by atoms with Crippen LogP contribution in [0.3, 0.4) is 0 Å². The Balaban J connectivity index is 1.11. The van der Waals surface area contributed by atoms with Crippen molar-refractivity contribution in [3.05, 3.63) is 83.4 Å². The molecular weight excluding hydrogens is 572 g/mol. The first kappa shape index (κ1) is 30.6. The zero-order chi connectivity index (χ0) is 31.7. The lowest BCUT2D eigenvalue weighted by molar-refractivity contribution is -0.159. The van der Waals surface area contributed by atoms with E-state index in [-0.39, 0.29) is 36.1 Å². The molecule has 3 aromatic carbocycles. The molecule has 9 nitrogen and oxygen atoms in total. The summed E-state index contributed by atoms with van der Waals surface area (Å²) in [5.74, 6) is -1.20. The molecule has 45 heavy (non-hydrogen) atoms. The van der Waals surface area contributed by atoms with Crippen molar-refractivity contribution in [2.24, 2.45) is 23.2 Å². The maximum absolute atomic E-state index is 13.2. The maximum Gasteiger partial charge on any atom is 0.312 e. The zero-order valence-electron chi connectivity index (χ0n) is 25.4. The number of nitriles is 1. The lowest BCUT2D eigenvalue weighted by atomic mass is 9.74. The molecule has 9 heteroatoms. The number of carbonyl (C=O) groups is 2. The van der Waals surface area contributed by atoms with E-state index in [0.29, 0.717) is 42.7 Å². The molecule has 234 valence electrons. The Labute approximate surface area is 262 Å². The molecule has 0 spiro atoms. The van der Waals surface area contributed by atoms with Gasteiger partial charge in [0.05, 0.1) is 30.1 Å². The number of aliphatic hydroxyl groups is 1. The van der Waals surface area contributed by atoms with E-state index >= 15 is 0 Å². The minimum Gasteiger partial charge on any atom is -0.496 e. The summed E-state index contributed by atoms with van der Waals surface area (Å²) < 4.78 is 17.6. The highest BCUT2D eigenvalue weighted by molar-refractivity contribution is 5.86. The van der Waals surface area contributed by atoms with Crippen LogP contribution in [0, 0.1) is 34.5 Å². The van der Waals surface area contributed by atoms with Crippen LogP contribution in [0.25, 0.3) is 10.8 Å². The van der Waals surface area contributed by atoms with E-state index in [2.05, 4.69) is 11.4 Å². The lowest BCUT2D eigenvalue weighted by Crippen LogP contribution is -2.44. The predicted octanol–water partition coefficient (Wildman–Crippen LogP) is 5.65. The number of allylic oxidation sites excluding steroid dienone is 1. The monoisotopic (exact) mass is 610 g/mol. The summed E-state index contributed by atoms with van der Waals surface area (Å²) in [5, 5.41) is 36.2. The van der Waals surface area contributed by atoms with Gasteiger partial charge in [0.25, 0.3) is 0 Å². The van der Waals surface area contributed by atoms with E-state index in [0.717, 1.165) is 22.8 Å². The number of rotatable bonds is 10. The van der Waals surface area contributed by atoms with Gasteiger partial charge in [0, 0.05) is 17.7 Å². The Morgan fingerprint density at radius 1 is 1.07 bits per heavy atom. The van der Waals surface area contributed by atoms with Gasteiger partial charge < -0.3 is 24.4 Å². The molecule has 0 saturated heterocycles. The van der Waals surface area contributed by atoms with Gasteiger partial charge in [-0.25, -0.2) is 0 Å². The number of esters is 1. The number of hydrogen-bond donors (Lipinski definition) is 3. The second-order valence-electron chi connectivity index (χ2n) is 12.7. The number of carboxylic acids is 1. The van der Waals surface area contributed by atoms with E-state index in [4.69, 9.17) is 14.2 Å². The molecule has 3 N–H and O–H groups in total. The molecule has 5 atom stereocenters. The molecule has 1 unspecified atom stereocenters. The number of carboxylic acid groups (broad SMARTS) is 1. The molecule has 2 bridgehead atoms. The van der Waals surface area contributed by atoms with Crippen molar-refractivity contribution in [2.75, 3.05) is 7.11 Å². The molecule has 3 aliphatic rings. The van der Waals surface area contributed by atoms with Crippen LogP contribution < -0.4 is 14.8 Å². The van der Waals surface area contributed by atoms with Gasteiger partial charge in [-0.2, -0.15) is 5.26 Å². The van der Waals surface area contributed by atoms with Crippen molar-refractivity contribution in [1.82, 2.24) is 5.32 Å². The quantitative estimate of drug-likeness (QED) is 0.151. The number of ether oxygens (including phenoxy) is 3. The fourth-order valence-electron chi connectivity index (χ4n) is 7.28. The van der Waals surface area contributed by atoms with Crippen LogP contribution in [-0.4, -0.2) is 41.4 Å². The van der Waals surface area contributed by atoms with Crippen LogP contribution in [0.5, 0.6) is 11.5 Å². The van der Waals surface area contributed by atoms with Gasteiger partial charge in [0.15, 0.2) is 0 Å². The standard InChI is InChI=1S/C36H38N2O7/c1-36(35(42)44-20-24-8-5-7-21-6-3-4-9-27(21)24)14-12-26(13-15-36)45-29-18-28(30(43-2)17-25(29)19-37)33(39)38-32-23-11-10-22(16-23)31(32)34(40)41/h3-11,17-18,22-23,26,31-33,38-39H,12-16,20H2,1-2H3,(H,40,41)/t22-,23+,26-,31+,32-,33?,36+/m1/s1. The highest BCUT2D eigenvalue weighted by Crippen LogP contribution is 2.45. The number of hydrogen-bond acceptors (Lipinski definition) is 8. The van der Waals surface area contributed by atoms with Gasteiger partial charge in [0.1, 0.15) is 30.4 Å². The van der Waals surface area contributed by atoms with Gasteiger partial charge in [-0.3, -0.25) is 14.9 Å². The molecule has 0 radical (unpaired) electrons. The first-order valence-corrected chi connectivity index (χ1v) is 15.5. The van der Waals surface area contributed by atoms with Crippen molar-refractivity contribution >= 4 is 22.7 Å². The SMILES string of the molecule is COc1cc(C#N)c(O[C@H]2CC[C@@](C)(C(=O)OCc3cccc4ccccc34)CC2)cc1C(O)N[C@H]1[C@@H](C(=O)O)[C@@H]2C=C[C@H]1C2. The van der Waals surface area contributed by atoms with Crippen LogP contribution in [0.15, 0.2) is 66.7 Å². The second kappa shape index (κ2) is 12.5. The Kier molecular flexibility index (Phi) is 8.54. The molecule has 2 fully saturated rings. The molecule has 2 saturated carbocycles. The summed E-state index contributed by atoms with van der Waals surface area (Å²) in [6.07, 6.45) is 5.52. The Bertz CT molecular complexity index is 1660. The number of fused-ring (bicyclic) bond motifs is 3. The summed E-state index contributed by atoms with van der Waals surface area (Å²) in [6, 6.07) is 18.8. The molecule has 3 aromatic rings. The normalized spacial score (nSPS) is 27.6. The summed E-state index contributed by atoms with van der Waals surface area (Å²) >= 11 is 0. The fourth-order valence-corrected chi connectivity index (χ4v) is 7.28. The number of nitrogens with one attached hydrogen (secondary N) is 1. The van der Waals surface area contributed by atoms with E-state index in [1.807, 2.05) is 61.5 Å². The summed E-state index contributed by atoms with van der Waals surface area (Å²) in [4.78, 5) is 25.2. The lowest BCUT2D eigenvalue weighted by Gasteiger charge is -2.35. The minimum atomic E-state index is -1.24. The highest BCUT2D eigenvalue weighted by atomic mass is 16.5. The van der Waals surface area contributed by atoms with E-state index in [1.54, 1.807) is 6.07 Å². The average Bonchev–Trinajstić information content (AvgIpc) is 3.66. The summed E-state index contributed by atoms with van der Waals surface area (Å²) in [7, 11) is 1.45. The van der Waals surface area contributed by atoms with E-state index in [9.17, 15) is 25.1 Å². The van der Waals surface area contributed by atoms with Gasteiger partial charge in [-0.15, -0.1) is 0 Å². The van der Waals surface area contributed by atoms with Crippen LogP contribution in [0.1, 0.15) is 61.9 Å². The van der Waals surface area contributed by atoms with Crippen molar-refractivity contribution in [2.45, 2.75) is 64.0 Å². The topological polar surface area (TPSA) is 138 Å². The Morgan fingerprint density at radius 3 is 2.53 bits per heavy atom. The maximum atomic E-state index is 13.2. The molecule has 3 aliphatic carbocycles. The number of benzene rings is 3. The largest absolute Gasteiger partial charge is 0.496 e. The van der Waals surface area contributed by atoms with Gasteiger partial charge in [-0.05, 0) is 73.3 Å². The number of aliphatic carboxylic acids is 1. The van der Waals surface area contributed by atoms with Crippen molar-refractivity contribution in [1.29, 1.82) is 5.26 Å². The van der Waals surface area contributed by atoms with Crippen LogP contribution in [0.4, 0.5) is 0 Å². The number of methoxy groups -OCH3 is 1. The van der Waals surface area contributed by atoms with Crippen LogP contribution in [-0.2, 0) is 20.9 Å². The zero-order valence-corrected chi connectivity index (χ0v) is 25.4. The number of nitrogens with zero attached hydrogens (tertiary/aromatic N) is 1.